The van der Waals surface area contributed by atoms with E-state index < -0.39 is 5.60 Å². The molecule has 2 rings (SSSR count). The zero-order valence-electron chi connectivity index (χ0n) is 9.34. The first-order valence-corrected chi connectivity index (χ1v) is 5.49. The van der Waals surface area contributed by atoms with Crippen molar-refractivity contribution in [1.29, 1.82) is 0 Å². The number of hydrogen-bond acceptors (Lipinski definition) is 3. The average Bonchev–Trinajstić information content (AvgIpc) is 2.18. The molecule has 0 amide bonds. The summed E-state index contributed by atoms with van der Waals surface area (Å²) in [4.78, 5) is 0. The smallest absolute Gasteiger partial charge is 0.0988 e. The normalized spacial score (nSPS) is 45.4. The molecule has 2 N–H and O–H groups in total. The van der Waals surface area contributed by atoms with Gasteiger partial charge in [-0.1, -0.05) is 13.8 Å². The highest BCUT2D eigenvalue weighted by atomic mass is 16.5. The number of methoxy groups -OCH3 is 1. The number of rotatable bonds is 2. The Morgan fingerprint density at radius 3 is 2.86 bits per heavy atom. The Morgan fingerprint density at radius 2 is 2.21 bits per heavy atom. The van der Waals surface area contributed by atoms with Crippen LogP contribution in [0.1, 0.15) is 26.7 Å². The van der Waals surface area contributed by atoms with Crippen molar-refractivity contribution in [3.05, 3.63) is 0 Å². The quantitative estimate of drug-likeness (QED) is 0.690. The topological polar surface area (TPSA) is 41.5 Å². The van der Waals surface area contributed by atoms with Crippen LogP contribution in [0.15, 0.2) is 0 Å². The summed E-state index contributed by atoms with van der Waals surface area (Å²) in [6, 6.07) is 0.469. The van der Waals surface area contributed by atoms with Gasteiger partial charge in [0.05, 0.1) is 12.2 Å². The van der Waals surface area contributed by atoms with Crippen molar-refractivity contribution in [3.63, 3.8) is 0 Å². The molecule has 3 unspecified atom stereocenters. The molecule has 0 bridgehead atoms. The standard InChI is InChI=1S/C11H21NO2/c1-10(2)9-8(5-4-6-12-9)11(10,13)7-14-3/h8-9,12-13H,4-7H2,1-3H3. The van der Waals surface area contributed by atoms with Crippen LogP contribution in [0.25, 0.3) is 0 Å². The van der Waals surface area contributed by atoms with E-state index in [1.54, 1.807) is 7.11 Å². The van der Waals surface area contributed by atoms with Gasteiger partial charge in [-0.3, -0.25) is 0 Å². The third-order valence-corrected chi connectivity index (χ3v) is 4.33. The third kappa shape index (κ3) is 1.09. The molecule has 0 aromatic rings. The van der Waals surface area contributed by atoms with Crippen LogP contribution in [-0.4, -0.2) is 37.0 Å². The lowest BCUT2D eigenvalue weighted by molar-refractivity contribution is -0.254. The second kappa shape index (κ2) is 3.19. The van der Waals surface area contributed by atoms with Crippen molar-refractivity contribution in [1.82, 2.24) is 5.32 Å². The fourth-order valence-corrected chi connectivity index (χ4v) is 3.33. The van der Waals surface area contributed by atoms with Crippen LogP contribution in [0.5, 0.6) is 0 Å². The Kier molecular flexibility index (Phi) is 2.37. The zero-order valence-corrected chi connectivity index (χ0v) is 9.34. The second-order valence-electron chi connectivity index (χ2n) is 5.26. The van der Waals surface area contributed by atoms with Crippen molar-refractivity contribution in [3.8, 4) is 0 Å². The predicted molar refractivity (Wildman–Crippen MR) is 55.1 cm³/mol. The molecule has 0 radical (unpaired) electrons. The number of hydrogen-bond donors (Lipinski definition) is 2. The predicted octanol–water partition coefficient (Wildman–Crippen LogP) is 0.772. The SMILES string of the molecule is COCC1(O)C2CCCNC2C1(C)C. The summed E-state index contributed by atoms with van der Waals surface area (Å²) < 4.78 is 5.16. The van der Waals surface area contributed by atoms with Crippen LogP contribution in [0.4, 0.5) is 0 Å². The van der Waals surface area contributed by atoms with E-state index in [1.807, 2.05) is 0 Å². The molecule has 1 heterocycles. The van der Waals surface area contributed by atoms with Gasteiger partial charge in [0.2, 0.25) is 0 Å². The summed E-state index contributed by atoms with van der Waals surface area (Å²) >= 11 is 0. The highest BCUT2D eigenvalue weighted by Crippen LogP contribution is 2.56. The number of fused-ring (bicyclic) bond motifs is 1. The van der Waals surface area contributed by atoms with Gasteiger partial charge in [-0.2, -0.15) is 0 Å². The highest BCUT2D eigenvalue weighted by molar-refractivity contribution is 5.19. The first kappa shape index (κ1) is 10.4. The van der Waals surface area contributed by atoms with Crippen molar-refractivity contribution < 1.29 is 9.84 Å². The number of piperidine rings is 1. The lowest BCUT2D eigenvalue weighted by Gasteiger charge is -2.66. The minimum atomic E-state index is -0.625. The zero-order chi connectivity index (χ0) is 10.4. The molecular formula is C11H21NO2. The highest BCUT2D eigenvalue weighted by Gasteiger charge is 2.66. The molecule has 1 aliphatic carbocycles. The van der Waals surface area contributed by atoms with Gasteiger partial charge >= 0.3 is 0 Å². The molecule has 82 valence electrons. The van der Waals surface area contributed by atoms with Crippen LogP contribution in [0.2, 0.25) is 0 Å². The van der Waals surface area contributed by atoms with Gasteiger partial charge in [-0.05, 0) is 19.4 Å². The van der Waals surface area contributed by atoms with E-state index in [9.17, 15) is 5.11 Å². The summed E-state index contributed by atoms with van der Waals surface area (Å²) in [5, 5.41) is 14.1. The summed E-state index contributed by atoms with van der Waals surface area (Å²) in [6.45, 7) is 5.81. The van der Waals surface area contributed by atoms with Crippen molar-refractivity contribution >= 4 is 0 Å². The second-order valence-corrected chi connectivity index (χ2v) is 5.26. The van der Waals surface area contributed by atoms with E-state index in [-0.39, 0.29) is 5.41 Å². The minimum Gasteiger partial charge on any atom is -0.387 e. The molecule has 1 saturated heterocycles. The van der Waals surface area contributed by atoms with Crippen molar-refractivity contribution in [2.24, 2.45) is 11.3 Å². The van der Waals surface area contributed by atoms with Gasteiger partial charge in [-0.25, -0.2) is 0 Å². The van der Waals surface area contributed by atoms with Gasteiger partial charge in [0.25, 0.3) is 0 Å². The van der Waals surface area contributed by atoms with Crippen molar-refractivity contribution in [2.45, 2.75) is 38.3 Å². The van der Waals surface area contributed by atoms with Gasteiger partial charge < -0.3 is 15.2 Å². The molecule has 3 atom stereocenters. The van der Waals surface area contributed by atoms with Gasteiger partial charge in [0, 0.05) is 24.5 Å². The number of nitrogens with one attached hydrogen (secondary N) is 1. The van der Waals surface area contributed by atoms with Crippen LogP contribution in [0, 0.1) is 11.3 Å². The summed E-state index contributed by atoms with van der Waals surface area (Å²) in [7, 11) is 1.66. The van der Waals surface area contributed by atoms with Crippen molar-refractivity contribution in [2.75, 3.05) is 20.3 Å². The lowest BCUT2D eigenvalue weighted by atomic mass is 9.47. The Balaban J connectivity index is 2.17. The van der Waals surface area contributed by atoms with E-state index in [0.717, 1.165) is 13.0 Å². The molecule has 2 fully saturated rings. The summed E-state index contributed by atoms with van der Waals surface area (Å²) in [5.74, 6) is 0.381. The average molecular weight is 199 g/mol. The fourth-order valence-electron chi connectivity index (χ4n) is 3.33. The van der Waals surface area contributed by atoms with Gasteiger partial charge in [0.15, 0.2) is 0 Å². The minimum absolute atomic E-state index is 0.0614. The Labute approximate surface area is 85.8 Å². The maximum absolute atomic E-state index is 10.6. The Bertz CT molecular complexity index is 229. The van der Waals surface area contributed by atoms with Crippen LogP contribution < -0.4 is 5.32 Å². The fraction of sp³-hybridized carbons (Fsp3) is 1.00. The van der Waals surface area contributed by atoms with Crippen LogP contribution in [0.3, 0.4) is 0 Å². The molecule has 3 heteroatoms. The van der Waals surface area contributed by atoms with E-state index in [2.05, 4.69) is 19.2 Å². The van der Waals surface area contributed by atoms with Crippen LogP contribution >= 0.6 is 0 Å². The molecule has 14 heavy (non-hydrogen) atoms. The number of ether oxygens (including phenoxy) is 1. The summed E-state index contributed by atoms with van der Waals surface area (Å²) in [6.07, 6.45) is 2.30. The van der Waals surface area contributed by atoms with E-state index in [0.29, 0.717) is 18.6 Å². The summed E-state index contributed by atoms with van der Waals surface area (Å²) in [5.41, 5.74) is -0.687. The number of aliphatic hydroxyl groups is 1. The molecular weight excluding hydrogens is 178 g/mol. The van der Waals surface area contributed by atoms with Crippen LogP contribution in [-0.2, 0) is 4.74 Å². The molecule has 3 nitrogen and oxygen atoms in total. The largest absolute Gasteiger partial charge is 0.387 e. The Hall–Kier alpha value is -0.120. The van der Waals surface area contributed by atoms with E-state index in [4.69, 9.17) is 4.74 Å². The molecule has 2 aliphatic rings. The molecule has 1 saturated carbocycles. The Morgan fingerprint density at radius 1 is 1.50 bits per heavy atom. The maximum Gasteiger partial charge on any atom is 0.0988 e. The molecule has 0 spiro atoms. The molecule has 0 aromatic heterocycles. The lowest BCUT2D eigenvalue weighted by Crippen LogP contribution is -2.78. The van der Waals surface area contributed by atoms with E-state index in [1.165, 1.54) is 6.42 Å². The van der Waals surface area contributed by atoms with Gasteiger partial charge in [-0.15, -0.1) is 0 Å². The third-order valence-electron chi connectivity index (χ3n) is 4.33. The van der Waals surface area contributed by atoms with E-state index >= 15 is 0 Å². The molecule has 1 aliphatic heterocycles. The molecule has 0 aromatic carbocycles. The maximum atomic E-state index is 10.6. The first-order valence-electron chi connectivity index (χ1n) is 5.49. The van der Waals surface area contributed by atoms with Gasteiger partial charge in [0.1, 0.15) is 0 Å². The first-order chi connectivity index (χ1) is 6.54. The monoisotopic (exact) mass is 199 g/mol.